The Hall–Kier alpha value is -5.48. The second kappa shape index (κ2) is 23.3. The first-order chi connectivity index (χ1) is 31.2. The minimum Gasteiger partial charge on any atom is -0.465 e. The van der Waals surface area contributed by atoms with Gasteiger partial charge in [-0.3, -0.25) is 14.6 Å². The van der Waals surface area contributed by atoms with Crippen molar-refractivity contribution < 1.29 is 47.9 Å². The third-order valence-corrected chi connectivity index (χ3v) is 12.3. The first-order valence-corrected chi connectivity index (χ1v) is 23.8. The van der Waals surface area contributed by atoms with Crippen LogP contribution in [0.5, 0.6) is 0 Å². The SMILES string of the molecule is CCO[P+](O)(O)OCO[C@@H](C[C@H](Cc1ccc(-c2ccccn2)cc1)NC(=O)[C@@H](NC(=O)O)C(C)(C)C)[C@H](Cc1ccccc1)NC(=O)[C@@H](N1CCN(Cc2ccccc2)C1=O)C(C)(C)C. The van der Waals surface area contributed by atoms with Crippen LogP contribution in [0.4, 0.5) is 9.59 Å². The number of carboxylic acid groups (broad SMARTS) is 1. The van der Waals surface area contributed by atoms with Crippen molar-refractivity contribution in [1.82, 2.24) is 30.7 Å². The number of carbonyl (C=O) groups excluding carboxylic acids is 3. The van der Waals surface area contributed by atoms with E-state index in [0.717, 1.165) is 27.9 Å². The number of pyridine rings is 1. The number of urea groups is 1. The predicted molar refractivity (Wildman–Crippen MR) is 252 cm³/mol. The van der Waals surface area contributed by atoms with Crippen molar-refractivity contribution in [2.75, 3.05) is 26.5 Å². The van der Waals surface area contributed by atoms with Gasteiger partial charge in [0.15, 0.2) is 6.79 Å². The molecule has 1 aliphatic heterocycles. The van der Waals surface area contributed by atoms with Crippen molar-refractivity contribution in [1.29, 1.82) is 0 Å². The highest BCUT2D eigenvalue weighted by Crippen LogP contribution is 2.52. The van der Waals surface area contributed by atoms with Crippen LogP contribution in [0.1, 0.15) is 71.6 Å². The maximum atomic E-state index is 15.0. The van der Waals surface area contributed by atoms with Gasteiger partial charge in [-0.15, -0.1) is 4.52 Å². The normalized spacial score (nSPS) is 15.7. The molecule has 16 nitrogen and oxygen atoms in total. The average molecular weight is 930 g/mol. The molecular weight excluding hydrogens is 864 g/mol. The van der Waals surface area contributed by atoms with Crippen molar-refractivity contribution >= 4 is 32.1 Å². The maximum Gasteiger partial charge on any atom is 0.572 e. The Bertz CT molecular complexity index is 2170. The van der Waals surface area contributed by atoms with Crippen LogP contribution >= 0.6 is 8.17 Å². The zero-order valence-electron chi connectivity index (χ0n) is 38.9. The van der Waals surface area contributed by atoms with E-state index >= 15 is 0 Å². The zero-order valence-corrected chi connectivity index (χ0v) is 39.8. The van der Waals surface area contributed by atoms with Crippen molar-refractivity contribution in [2.45, 2.75) is 105 Å². The summed E-state index contributed by atoms with van der Waals surface area (Å²) in [6, 6.07) is 28.4. The Morgan fingerprint density at radius 3 is 1.94 bits per heavy atom. The molecule has 5 atom stereocenters. The van der Waals surface area contributed by atoms with Gasteiger partial charge in [0.1, 0.15) is 12.1 Å². The third kappa shape index (κ3) is 15.3. The molecular formula is C49H66N6O10P+. The number of aromatic nitrogens is 1. The van der Waals surface area contributed by atoms with E-state index in [2.05, 4.69) is 20.9 Å². The van der Waals surface area contributed by atoms with Crippen LogP contribution in [0.15, 0.2) is 109 Å². The minimum atomic E-state index is -4.30. The molecule has 5 rings (SSSR count). The molecule has 0 saturated carbocycles. The zero-order chi connectivity index (χ0) is 48.1. The topological polar surface area (TPSA) is 212 Å². The number of nitrogens with zero attached hydrogens (tertiary/aromatic N) is 3. The van der Waals surface area contributed by atoms with Gasteiger partial charge < -0.3 is 35.6 Å². The van der Waals surface area contributed by atoms with Gasteiger partial charge in [-0.1, -0.05) is 133 Å². The van der Waals surface area contributed by atoms with E-state index in [4.69, 9.17) is 13.8 Å². The Kier molecular flexibility index (Phi) is 18.2. The van der Waals surface area contributed by atoms with E-state index in [1.54, 1.807) is 43.7 Å². The highest BCUT2D eigenvalue weighted by molar-refractivity contribution is 7.54. The summed E-state index contributed by atoms with van der Waals surface area (Å²) in [7, 11) is -4.30. The predicted octanol–water partition coefficient (Wildman–Crippen LogP) is 6.99. The van der Waals surface area contributed by atoms with Crippen LogP contribution in [-0.2, 0) is 42.8 Å². The first kappa shape index (κ1) is 51.5. The van der Waals surface area contributed by atoms with Crippen molar-refractivity contribution in [2.24, 2.45) is 10.8 Å². The summed E-state index contributed by atoms with van der Waals surface area (Å²) < 4.78 is 16.8. The molecule has 0 aliphatic carbocycles. The number of ether oxygens (including phenoxy) is 1. The number of amides is 5. The number of hydrogen-bond acceptors (Lipinski definition) is 10. The molecule has 5 amide bonds. The van der Waals surface area contributed by atoms with Gasteiger partial charge in [0.25, 0.3) is 0 Å². The minimum absolute atomic E-state index is 0.0173. The van der Waals surface area contributed by atoms with Crippen molar-refractivity contribution in [3.8, 4) is 11.3 Å². The van der Waals surface area contributed by atoms with Gasteiger partial charge in [0, 0.05) is 37.4 Å². The van der Waals surface area contributed by atoms with Crippen LogP contribution in [0.3, 0.4) is 0 Å². The van der Waals surface area contributed by atoms with E-state index < -0.39 is 74.0 Å². The van der Waals surface area contributed by atoms with Crippen LogP contribution in [-0.4, -0.2) is 110 Å². The van der Waals surface area contributed by atoms with Crippen LogP contribution in [0, 0.1) is 10.8 Å². The number of benzene rings is 3. The van der Waals surface area contributed by atoms with Gasteiger partial charge in [0.05, 0.1) is 24.4 Å². The highest BCUT2D eigenvalue weighted by atomic mass is 31.2. The number of hydrogen-bond donors (Lipinski definition) is 6. The molecule has 1 aliphatic rings. The second-order valence-corrected chi connectivity index (χ2v) is 20.1. The lowest BCUT2D eigenvalue weighted by Crippen LogP contribution is -2.59. The molecule has 6 N–H and O–H groups in total. The largest absolute Gasteiger partial charge is 0.572 e. The van der Waals surface area contributed by atoms with Gasteiger partial charge >= 0.3 is 20.3 Å². The summed E-state index contributed by atoms with van der Waals surface area (Å²) in [6.45, 7) is 13.0. The van der Waals surface area contributed by atoms with Gasteiger partial charge in [-0.2, -0.15) is 14.3 Å². The number of nitrogens with one attached hydrogen (secondary N) is 3. The van der Waals surface area contributed by atoms with E-state index in [1.807, 2.05) is 124 Å². The molecule has 1 fully saturated rings. The maximum absolute atomic E-state index is 15.0. The Morgan fingerprint density at radius 2 is 1.36 bits per heavy atom. The summed E-state index contributed by atoms with van der Waals surface area (Å²) >= 11 is 0. The summed E-state index contributed by atoms with van der Waals surface area (Å²) in [6.07, 6.45) is -0.177. The van der Waals surface area contributed by atoms with Crippen LogP contribution in [0.25, 0.3) is 11.3 Å². The third-order valence-electron chi connectivity index (χ3n) is 11.3. The van der Waals surface area contributed by atoms with Gasteiger partial charge in [-0.05, 0) is 65.8 Å². The molecule has 3 aromatic carbocycles. The Morgan fingerprint density at radius 1 is 0.742 bits per heavy atom. The number of rotatable bonds is 22. The summed E-state index contributed by atoms with van der Waals surface area (Å²) in [4.78, 5) is 84.0. The molecule has 66 heavy (non-hydrogen) atoms. The van der Waals surface area contributed by atoms with Crippen molar-refractivity contribution in [3.05, 3.63) is 126 Å². The Labute approximate surface area is 388 Å². The lowest BCUT2D eigenvalue weighted by atomic mass is 9.84. The fourth-order valence-corrected chi connectivity index (χ4v) is 8.73. The molecule has 0 spiro atoms. The lowest BCUT2D eigenvalue weighted by Gasteiger charge is -2.39. The quantitative estimate of drug-likeness (QED) is 0.0349. The molecule has 1 saturated heterocycles. The molecule has 0 bridgehead atoms. The smallest absolute Gasteiger partial charge is 0.465 e. The van der Waals surface area contributed by atoms with E-state index in [0.29, 0.717) is 19.6 Å². The molecule has 0 radical (unpaired) electrons. The van der Waals surface area contributed by atoms with Crippen LogP contribution < -0.4 is 16.0 Å². The fraction of sp³-hybridized carbons (Fsp3) is 0.449. The summed E-state index contributed by atoms with van der Waals surface area (Å²) in [5.41, 5.74) is 2.72. The standard InChI is InChI=1S/C49H65N6O10P/c1-8-64-66(61,62)65-33-63-41(31-38(51-44(56)42(48(2,3)4)53-46(58)59)29-35-22-24-37(25-23-35)39-21-15-16-26-50-39)40(30-34-17-11-9-12-18-34)52-45(57)43(49(5,6)7)55-28-27-54(47(55)60)32-36-19-13-10-14-20-36/h9-26,38,40-43,53,61-62H,8,27-33H2,1-7H3,(H2-,51,52,56,57,58,59)/p+1/t38-,40-,41-,42+,43+/m0/s1. The monoisotopic (exact) mass is 929 g/mol. The Balaban J connectivity index is 1.53. The number of carbonyl (C=O) groups is 4. The van der Waals surface area contributed by atoms with E-state index in [1.165, 1.54) is 0 Å². The second-order valence-electron chi connectivity index (χ2n) is 18.6. The highest BCUT2D eigenvalue weighted by Gasteiger charge is 2.45. The summed E-state index contributed by atoms with van der Waals surface area (Å²) in [5.74, 6) is -1.01. The van der Waals surface area contributed by atoms with Gasteiger partial charge in [-0.25, -0.2) is 9.59 Å². The molecule has 2 heterocycles. The molecule has 356 valence electrons. The lowest BCUT2D eigenvalue weighted by molar-refractivity contribution is -0.133. The molecule has 4 aromatic rings. The summed E-state index contributed by atoms with van der Waals surface area (Å²) in [5, 5.41) is 18.5. The first-order valence-electron chi connectivity index (χ1n) is 22.2. The van der Waals surface area contributed by atoms with E-state index in [9.17, 15) is 34.1 Å². The van der Waals surface area contributed by atoms with Gasteiger partial charge in [0.2, 0.25) is 11.8 Å². The van der Waals surface area contributed by atoms with Crippen LogP contribution in [0.2, 0.25) is 0 Å². The molecule has 0 unspecified atom stereocenters. The molecule has 1 aromatic heterocycles. The van der Waals surface area contributed by atoms with E-state index in [-0.39, 0.29) is 31.9 Å². The van der Waals surface area contributed by atoms with Crippen molar-refractivity contribution in [3.63, 3.8) is 0 Å². The average Bonchev–Trinajstić information content (AvgIpc) is 3.60. The molecule has 17 heteroatoms. The fourth-order valence-electron chi connectivity index (χ4n) is 8.13.